The van der Waals surface area contributed by atoms with Crippen molar-refractivity contribution in [2.45, 2.75) is 24.8 Å². The summed E-state index contributed by atoms with van der Waals surface area (Å²) in [7, 11) is -0.665. The number of nitrogens with one attached hydrogen (secondary N) is 1. The van der Waals surface area contributed by atoms with Crippen molar-refractivity contribution in [3.05, 3.63) is 59.7 Å². The SMILES string of the molecule is CN(C)S(=O)(=O)NCC1CCN1C(=O)C1CC1c1ccccc1-c1c(F)cccc1F. The van der Waals surface area contributed by atoms with Crippen molar-refractivity contribution >= 4 is 16.1 Å². The van der Waals surface area contributed by atoms with Crippen LogP contribution in [0.5, 0.6) is 0 Å². The Balaban J connectivity index is 1.47. The monoisotopic (exact) mass is 449 g/mol. The molecule has 0 spiro atoms. The van der Waals surface area contributed by atoms with E-state index in [1.165, 1.54) is 32.3 Å². The van der Waals surface area contributed by atoms with Crippen molar-refractivity contribution in [2.75, 3.05) is 27.2 Å². The molecule has 0 radical (unpaired) electrons. The van der Waals surface area contributed by atoms with Gasteiger partial charge < -0.3 is 4.90 Å². The zero-order valence-corrected chi connectivity index (χ0v) is 18.2. The second kappa shape index (κ2) is 8.29. The molecule has 3 atom stereocenters. The summed E-state index contributed by atoms with van der Waals surface area (Å²) in [6, 6.07) is 10.6. The summed E-state index contributed by atoms with van der Waals surface area (Å²) in [4.78, 5) is 14.7. The molecule has 1 aliphatic heterocycles. The topological polar surface area (TPSA) is 69.7 Å². The molecule has 4 rings (SSSR count). The average Bonchev–Trinajstić information content (AvgIpc) is 3.48. The van der Waals surface area contributed by atoms with E-state index in [-0.39, 0.29) is 35.9 Å². The molecule has 0 aromatic heterocycles. The van der Waals surface area contributed by atoms with Gasteiger partial charge in [-0.25, -0.2) is 13.5 Å². The van der Waals surface area contributed by atoms with Gasteiger partial charge in [-0.3, -0.25) is 4.79 Å². The number of carbonyl (C=O) groups is 1. The van der Waals surface area contributed by atoms with E-state index in [9.17, 15) is 22.0 Å². The van der Waals surface area contributed by atoms with Crippen LogP contribution in [0.3, 0.4) is 0 Å². The summed E-state index contributed by atoms with van der Waals surface area (Å²) >= 11 is 0. The van der Waals surface area contributed by atoms with E-state index in [4.69, 9.17) is 0 Å². The first-order chi connectivity index (χ1) is 14.7. The molecule has 1 saturated heterocycles. The number of halogens is 2. The van der Waals surface area contributed by atoms with Crippen molar-refractivity contribution in [3.8, 4) is 11.1 Å². The van der Waals surface area contributed by atoms with Crippen LogP contribution >= 0.6 is 0 Å². The largest absolute Gasteiger partial charge is 0.338 e. The number of hydrogen-bond acceptors (Lipinski definition) is 3. The molecule has 9 heteroatoms. The summed E-state index contributed by atoms with van der Waals surface area (Å²) in [5.41, 5.74) is 1.16. The first-order valence-electron chi connectivity index (χ1n) is 10.2. The Morgan fingerprint density at radius 2 is 1.81 bits per heavy atom. The summed E-state index contributed by atoms with van der Waals surface area (Å²) in [6.07, 6.45) is 1.34. The zero-order valence-electron chi connectivity index (χ0n) is 17.4. The predicted octanol–water partition coefficient (Wildman–Crippen LogP) is 2.73. The fourth-order valence-corrected chi connectivity index (χ4v) is 4.76. The van der Waals surface area contributed by atoms with E-state index in [1.807, 2.05) is 6.07 Å². The van der Waals surface area contributed by atoms with Crippen LogP contribution in [0.1, 0.15) is 24.3 Å². The standard InChI is InChI=1S/C22H25F2N3O3S/c1-26(2)31(29,30)25-13-14-10-11-27(14)22(28)18-12-17(18)15-6-3-4-7-16(15)21-19(23)8-5-9-20(21)24/h3-9,14,17-18,25H,10-13H2,1-2H3. The Kier molecular flexibility index (Phi) is 5.85. The van der Waals surface area contributed by atoms with E-state index in [0.29, 0.717) is 18.5 Å². The Morgan fingerprint density at radius 3 is 2.42 bits per heavy atom. The van der Waals surface area contributed by atoms with Gasteiger partial charge in [0.15, 0.2) is 0 Å². The van der Waals surface area contributed by atoms with Gasteiger partial charge in [0.05, 0.1) is 5.56 Å². The third-order valence-corrected chi connectivity index (χ3v) is 7.60. The number of rotatable bonds is 7. The first kappa shape index (κ1) is 21.9. The molecule has 2 aromatic rings. The van der Waals surface area contributed by atoms with Crippen LogP contribution in [0.25, 0.3) is 11.1 Å². The Hall–Kier alpha value is -2.36. The quantitative estimate of drug-likeness (QED) is 0.707. The predicted molar refractivity (Wildman–Crippen MR) is 113 cm³/mol. The molecule has 1 N–H and O–H groups in total. The van der Waals surface area contributed by atoms with E-state index in [2.05, 4.69) is 4.72 Å². The summed E-state index contributed by atoms with van der Waals surface area (Å²) in [6.45, 7) is 0.751. The molecule has 1 amide bonds. The highest BCUT2D eigenvalue weighted by Crippen LogP contribution is 2.52. The van der Waals surface area contributed by atoms with Gasteiger partial charge in [-0.1, -0.05) is 30.3 Å². The summed E-state index contributed by atoms with van der Waals surface area (Å²) in [5, 5.41) is 0. The lowest BCUT2D eigenvalue weighted by Crippen LogP contribution is -2.57. The van der Waals surface area contributed by atoms with E-state index < -0.39 is 21.8 Å². The minimum Gasteiger partial charge on any atom is -0.338 e. The number of likely N-dealkylation sites (tertiary alicyclic amines) is 1. The molecule has 1 aliphatic carbocycles. The highest BCUT2D eigenvalue weighted by molar-refractivity contribution is 7.87. The number of nitrogens with zero attached hydrogens (tertiary/aromatic N) is 2. The molecule has 0 bridgehead atoms. The van der Waals surface area contributed by atoms with Crippen LogP contribution < -0.4 is 4.72 Å². The van der Waals surface area contributed by atoms with Crippen molar-refractivity contribution in [2.24, 2.45) is 5.92 Å². The summed E-state index contributed by atoms with van der Waals surface area (Å²) < 4.78 is 56.2. The molecular formula is C22H25F2N3O3S. The third kappa shape index (κ3) is 4.22. The molecular weight excluding hydrogens is 424 g/mol. The lowest BCUT2D eigenvalue weighted by molar-refractivity contribution is -0.140. The van der Waals surface area contributed by atoms with Crippen molar-refractivity contribution in [1.29, 1.82) is 0 Å². The maximum atomic E-state index is 14.4. The van der Waals surface area contributed by atoms with Crippen molar-refractivity contribution in [1.82, 2.24) is 13.9 Å². The van der Waals surface area contributed by atoms with Gasteiger partial charge in [0.1, 0.15) is 11.6 Å². The number of carbonyl (C=O) groups excluding carboxylic acids is 1. The molecule has 6 nitrogen and oxygen atoms in total. The van der Waals surface area contributed by atoms with Crippen LogP contribution in [0.2, 0.25) is 0 Å². The van der Waals surface area contributed by atoms with Gasteiger partial charge in [0.2, 0.25) is 5.91 Å². The first-order valence-corrected chi connectivity index (χ1v) is 11.7. The maximum absolute atomic E-state index is 14.4. The lowest BCUT2D eigenvalue weighted by atomic mass is 9.94. The second-order valence-corrected chi connectivity index (χ2v) is 10.2. The Bertz CT molecular complexity index is 1090. The Morgan fingerprint density at radius 1 is 1.13 bits per heavy atom. The van der Waals surface area contributed by atoms with Crippen LogP contribution in [0, 0.1) is 17.6 Å². The van der Waals surface area contributed by atoms with Crippen LogP contribution in [-0.2, 0) is 15.0 Å². The van der Waals surface area contributed by atoms with E-state index >= 15 is 0 Å². The molecule has 3 unspecified atom stereocenters. The van der Waals surface area contributed by atoms with Crippen LogP contribution in [0.4, 0.5) is 8.78 Å². The molecule has 2 aromatic carbocycles. The van der Waals surface area contributed by atoms with Crippen LogP contribution in [0.15, 0.2) is 42.5 Å². The van der Waals surface area contributed by atoms with Crippen molar-refractivity contribution in [3.63, 3.8) is 0 Å². The van der Waals surface area contributed by atoms with Gasteiger partial charge in [-0.05, 0) is 42.0 Å². The minimum absolute atomic E-state index is 0.0332. The minimum atomic E-state index is -3.55. The third-order valence-electron chi connectivity index (χ3n) is 6.11. The lowest BCUT2D eigenvalue weighted by Gasteiger charge is -2.41. The summed E-state index contributed by atoms with van der Waals surface area (Å²) in [5.74, 6) is -1.67. The van der Waals surface area contributed by atoms with Gasteiger partial charge in [0, 0.05) is 39.1 Å². The smallest absolute Gasteiger partial charge is 0.279 e. The molecule has 166 valence electrons. The molecule has 2 fully saturated rings. The highest BCUT2D eigenvalue weighted by atomic mass is 32.2. The van der Waals surface area contributed by atoms with Gasteiger partial charge >= 0.3 is 0 Å². The average molecular weight is 450 g/mol. The number of amides is 1. The van der Waals surface area contributed by atoms with Gasteiger partial charge in [-0.15, -0.1) is 0 Å². The fourth-order valence-electron chi connectivity index (χ4n) is 4.10. The second-order valence-electron chi connectivity index (χ2n) is 8.24. The molecule has 31 heavy (non-hydrogen) atoms. The molecule has 1 heterocycles. The fraction of sp³-hybridized carbons (Fsp3) is 0.409. The van der Waals surface area contributed by atoms with Gasteiger partial charge in [-0.2, -0.15) is 12.7 Å². The Labute approximate surface area is 181 Å². The van der Waals surface area contributed by atoms with Gasteiger partial charge in [0.25, 0.3) is 10.2 Å². The van der Waals surface area contributed by atoms with Crippen LogP contribution in [-0.4, -0.2) is 56.8 Å². The maximum Gasteiger partial charge on any atom is 0.279 e. The molecule has 2 aliphatic rings. The van der Waals surface area contributed by atoms with E-state index in [0.717, 1.165) is 16.3 Å². The van der Waals surface area contributed by atoms with E-state index in [1.54, 1.807) is 23.1 Å². The highest BCUT2D eigenvalue weighted by Gasteiger charge is 2.49. The molecule has 1 saturated carbocycles. The normalized spacial score (nSPS) is 23.0. The number of benzene rings is 2. The number of hydrogen-bond donors (Lipinski definition) is 1. The van der Waals surface area contributed by atoms with Crippen molar-refractivity contribution < 1.29 is 22.0 Å². The zero-order chi connectivity index (χ0) is 22.3.